The maximum atomic E-state index is 11.8. The summed E-state index contributed by atoms with van der Waals surface area (Å²) in [6.45, 7) is 5.37. The summed E-state index contributed by atoms with van der Waals surface area (Å²) in [7, 11) is 0. The van der Waals surface area contributed by atoms with Gasteiger partial charge in [0.05, 0.1) is 18.4 Å². The van der Waals surface area contributed by atoms with Crippen LogP contribution in [0.25, 0.3) is 0 Å². The van der Waals surface area contributed by atoms with Crippen molar-refractivity contribution in [3.63, 3.8) is 0 Å². The largest absolute Gasteiger partial charge is 0.439 e. The minimum Gasteiger partial charge on any atom is -0.439 e. The Hall–Kier alpha value is -1.82. The third kappa shape index (κ3) is 6.83. The molecule has 142 valence electrons. The molecule has 3 rings (SSSR count). The van der Waals surface area contributed by atoms with Crippen molar-refractivity contribution in [2.45, 2.75) is 26.7 Å². The molecule has 0 saturated heterocycles. The second-order valence-corrected chi connectivity index (χ2v) is 6.36. The number of nitrogens with zero attached hydrogens (tertiary/aromatic N) is 1. The Labute approximate surface area is 166 Å². The highest BCUT2D eigenvalue weighted by Crippen LogP contribution is 2.27. The van der Waals surface area contributed by atoms with Crippen molar-refractivity contribution in [3.05, 3.63) is 47.7 Å². The van der Waals surface area contributed by atoms with E-state index in [1.165, 1.54) is 24.0 Å². The van der Waals surface area contributed by atoms with Gasteiger partial charge in [0.25, 0.3) is 0 Å². The fourth-order valence-corrected chi connectivity index (χ4v) is 2.33. The molecule has 1 heterocycles. The molecule has 0 unspecified atom stereocenters. The summed E-state index contributed by atoms with van der Waals surface area (Å²) in [5.74, 6) is 1.97. The lowest BCUT2D eigenvalue weighted by Gasteiger charge is -2.09. The van der Waals surface area contributed by atoms with Gasteiger partial charge < -0.3 is 15.4 Å². The second-order valence-electron chi connectivity index (χ2n) is 6.36. The van der Waals surface area contributed by atoms with Crippen LogP contribution in [0.5, 0.6) is 11.6 Å². The molecule has 1 aromatic carbocycles. The van der Waals surface area contributed by atoms with E-state index in [4.69, 9.17) is 4.74 Å². The van der Waals surface area contributed by atoms with Crippen molar-refractivity contribution in [2.24, 2.45) is 5.92 Å². The highest BCUT2D eigenvalue weighted by molar-refractivity contribution is 5.92. The van der Waals surface area contributed by atoms with Crippen LogP contribution in [0, 0.1) is 19.8 Å². The zero-order chi connectivity index (χ0) is 16.9. The van der Waals surface area contributed by atoms with Crippen molar-refractivity contribution in [1.29, 1.82) is 0 Å². The van der Waals surface area contributed by atoms with E-state index in [2.05, 4.69) is 22.5 Å². The molecule has 26 heavy (non-hydrogen) atoms. The summed E-state index contributed by atoms with van der Waals surface area (Å²) in [6.07, 6.45) is 4.16. The van der Waals surface area contributed by atoms with Crippen LogP contribution in [0.4, 0.5) is 5.69 Å². The van der Waals surface area contributed by atoms with Crippen LogP contribution < -0.4 is 15.4 Å². The van der Waals surface area contributed by atoms with Gasteiger partial charge in [-0.1, -0.05) is 6.07 Å². The van der Waals surface area contributed by atoms with Gasteiger partial charge in [0, 0.05) is 6.07 Å². The first-order chi connectivity index (χ1) is 11.6. The number of pyridine rings is 1. The molecule has 7 heteroatoms. The number of ether oxygens (including phenoxy) is 1. The third-order valence-corrected chi connectivity index (χ3v) is 4.14. The molecule has 2 aromatic rings. The lowest BCUT2D eigenvalue weighted by atomic mass is 10.1. The van der Waals surface area contributed by atoms with Crippen LogP contribution in [-0.4, -0.2) is 24.0 Å². The predicted molar refractivity (Wildman–Crippen MR) is 109 cm³/mol. The van der Waals surface area contributed by atoms with Crippen molar-refractivity contribution in [2.75, 3.05) is 18.4 Å². The number of hydrogen-bond acceptors (Lipinski definition) is 4. The predicted octanol–water partition coefficient (Wildman–Crippen LogP) is 4.27. The smallest absolute Gasteiger partial charge is 0.238 e. The molecule has 1 aromatic heterocycles. The maximum Gasteiger partial charge on any atom is 0.238 e. The van der Waals surface area contributed by atoms with Gasteiger partial charge in [-0.15, -0.1) is 24.8 Å². The van der Waals surface area contributed by atoms with Crippen LogP contribution in [0.2, 0.25) is 0 Å². The molecule has 0 aliphatic heterocycles. The average molecular weight is 398 g/mol. The van der Waals surface area contributed by atoms with Gasteiger partial charge >= 0.3 is 0 Å². The number of carbonyl (C=O) groups is 1. The molecular weight excluding hydrogens is 373 g/mol. The van der Waals surface area contributed by atoms with E-state index < -0.39 is 0 Å². The normalized spacial score (nSPS) is 12.5. The van der Waals surface area contributed by atoms with Gasteiger partial charge in [-0.3, -0.25) is 4.79 Å². The van der Waals surface area contributed by atoms with Gasteiger partial charge in [0.2, 0.25) is 11.8 Å². The van der Waals surface area contributed by atoms with Gasteiger partial charge in [0.1, 0.15) is 5.75 Å². The minimum atomic E-state index is -0.0553. The number of rotatable bonds is 7. The molecule has 0 bridgehead atoms. The molecule has 1 amide bonds. The monoisotopic (exact) mass is 397 g/mol. The molecule has 5 nitrogen and oxygen atoms in total. The zero-order valence-electron chi connectivity index (χ0n) is 15.0. The maximum absolute atomic E-state index is 11.8. The minimum absolute atomic E-state index is 0. The first-order valence-electron chi connectivity index (χ1n) is 8.32. The topological polar surface area (TPSA) is 63.2 Å². The van der Waals surface area contributed by atoms with E-state index in [1.807, 2.05) is 25.1 Å². The number of hydrogen-bond donors (Lipinski definition) is 2. The Bertz CT molecular complexity index is 719. The summed E-state index contributed by atoms with van der Waals surface area (Å²) in [6, 6.07) is 9.47. The van der Waals surface area contributed by atoms with Crippen LogP contribution in [0.15, 0.2) is 36.5 Å². The van der Waals surface area contributed by atoms with Crippen LogP contribution in [-0.2, 0) is 4.79 Å². The van der Waals surface area contributed by atoms with Gasteiger partial charge in [-0.25, -0.2) is 4.98 Å². The SMILES string of the molecule is Cc1ccc(Oc2ccc(NC(=O)CNCC3CC3)cn2)cc1C.Cl.Cl. The second kappa shape index (κ2) is 10.4. The van der Waals surface area contributed by atoms with Gasteiger partial charge in [-0.2, -0.15) is 0 Å². The standard InChI is InChI=1S/C19H23N3O2.2ClH/c1-13-3-7-17(9-14(13)2)24-19-8-6-16(11-21-19)22-18(23)12-20-10-15-4-5-15;;/h3,6-9,11,15,20H,4-5,10,12H2,1-2H3,(H,22,23);2*1H. The van der Waals surface area contributed by atoms with Crippen molar-refractivity contribution >= 4 is 36.4 Å². The average Bonchev–Trinajstić information content (AvgIpc) is 3.37. The number of benzene rings is 1. The fraction of sp³-hybridized carbons (Fsp3) is 0.368. The first kappa shape index (κ1) is 22.2. The summed E-state index contributed by atoms with van der Waals surface area (Å²) in [5, 5.41) is 5.99. The lowest BCUT2D eigenvalue weighted by molar-refractivity contribution is -0.115. The summed E-state index contributed by atoms with van der Waals surface area (Å²) >= 11 is 0. The van der Waals surface area contributed by atoms with Gasteiger partial charge in [0.15, 0.2) is 0 Å². The number of aromatic nitrogens is 1. The molecular formula is C19H25Cl2N3O2. The highest BCUT2D eigenvalue weighted by atomic mass is 35.5. The van der Waals surface area contributed by atoms with E-state index in [0.29, 0.717) is 18.1 Å². The quantitative estimate of drug-likeness (QED) is 0.731. The summed E-state index contributed by atoms with van der Waals surface area (Å²) in [5.41, 5.74) is 3.07. The van der Waals surface area contributed by atoms with Crippen molar-refractivity contribution < 1.29 is 9.53 Å². The molecule has 0 atom stereocenters. The summed E-state index contributed by atoms with van der Waals surface area (Å²) < 4.78 is 5.74. The number of nitrogens with one attached hydrogen (secondary N) is 2. The number of aryl methyl sites for hydroxylation is 2. The van der Waals surface area contributed by atoms with E-state index in [0.717, 1.165) is 18.2 Å². The first-order valence-corrected chi connectivity index (χ1v) is 8.32. The van der Waals surface area contributed by atoms with Gasteiger partial charge in [-0.05, 0) is 68.5 Å². The Kier molecular flexibility index (Phi) is 8.85. The Morgan fingerprint density at radius 3 is 2.54 bits per heavy atom. The molecule has 1 fully saturated rings. The Balaban J connectivity index is 0.00000169. The molecule has 1 saturated carbocycles. The number of carbonyl (C=O) groups excluding carboxylic acids is 1. The summed E-state index contributed by atoms with van der Waals surface area (Å²) in [4.78, 5) is 16.1. The fourth-order valence-electron chi connectivity index (χ4n) is 2.33. The molecule has 2 N–H and O–H groups in total. The number of anilines is 1. The number of amides is 1. The molecule has 1 aliphatic carbocycles. The highest BCUT2D eigenvalue weighted by Gasteiger charge is 2.20. The van der Waals surface area contributed by atoms with Crippen LogP contribution >= 0.6 is 24.8 Å². The van der Waals surface area contributed by atoms with Crippen molar-refractivity contribution in [3.8, 4) is 11.6 Å². The molecule has 1 aliphatic rings. The lowest BCUT2D eigenvalue weighted by Crippen LogP contribution is -2.29. The van der Waals surface area contributed by atoms with Crippen LogP contribution in [0.3, 0.4) is 0 Å². The zero-order valence-corrected chi connectivity index (χ0v) is 16.6. The Morgan fingerprint density at radius 2 is 1.92 bits per heavy atom. The number of halogens is 2. The van der Waals surface area contributed by atoms with E-state index in [-0.39, 0.29) is 30.7 Å². The Morgan fingerprint density at radius 1 is 1.15 bits per heavy atom. The van der Waals surface area contributed by atoms with Crippen LogP contribution in [0.1, 0.15) is 24.0 Å². The van der Waals surface area contributed by atoms with Crippen molar-refractivity contribution in [1.82, 2.24) is 10.3 Å². The van der Waals surface area contributed by atoms with E-state index in [1.54, 1.807) is 18.3 Å². The van der Waals surface area contributed by atoms with E-state index in [9.17, 15) is 4.79 Å². The molecule has 0 radical (unpaired) electrons. The molecule has 0 spiro atoms. The third-order valence-electron chi connectivity index (χ3n) is 4.14. The van der Waals surface area contributed by atoms with E-state index >= 15 is 0 Å².